The first-order valence-electron chi connectivity index (χ1n) is 11.8. The summed E-state index contributed by atoms with van der Waals surface area (Å²) in [5, 5.41) is 6.74. The van der Waals surface area contributed by atoms with E-state index in [2.05, 4.69) is 114 Å². The molecule has 0 unspecified atom stereocenters. The molecule has 172 valence electrons. The number of aryl methyl sites for hydroxylation is 2. The Morgan fingerprint density at radius 3 is 2.37 bits per heavy atom. The fourth-order valence-corrected chi connectivity index (χ4v) is 5.35. The number of pyridine rings is 1. The summed E-state index contributed by atoms with van der Waals surface area (Å²) in [5.74, 6) is 0. The first-order valence-corrected chi connectivity index (χ1v) is 12.3. The molecular weight excluding hydrogens is 448 g/mol. The van der Waals surface area contributed by atoms with Crippen molar-refractivity contribution in [3.8, 4) is 5.69 Å². The Balaban J connectivity index is 1.52. The molecule has 1 aliphatic rings. The fraction of sp³-hybridized carbons (Fsp3) is 0.133. The van der Waals surface area contributed by atoms with Crippen LogP contribution < -0.4 is 10.2 Å². The lowest BCUT2D eigenvalue weighted by Crippen LogP contribution is -2.30. The van der Waals surface area contributed by atoms with Gasteiger partial charge in [0, 0.05) is 29.5 Å². The average Bonchev–Trinajstić information content (AvgIpc) is 3.50. The Morgan fingerprint density at radius 1 is 0.771 bits per heavy atom. The smallest absolute Gasteiger partial charge is 0.174 e. The van der Waals surface area contributed by atoms with Crippen LogP contribution in [0.2, 0.25) is 0 Å². The van der Waals surface area contributed by atoms with Crippen molar-refractivity contribution in [3.63, 3.8) is 0 Å². The van der Waals surface area contributed by atoms with Crippen molar-refractivity contribution in [2.45, 2.75) is 25.9 Å². The molecule has 0 aliphatic carbocycles. The Bertz CT molecular complexity index is 1540. The van der Waals surface area contributed by atoms with Crippen molar-refractivity contribution in [2.24, 2.45) is 0 Å². The molecule has 1 aliphatic heterocycles. The first-order chi connectivity index (χ1) is 17.1. The van der Waals surface area contributed by atoms with Crippen LogP contribution in [0.1, 0.15) is 34.6 Å². The van der Waals surface area contributed by atoms with E-state index in [1.54, 1.807) is 0 Å². The first kappa shape index (κ1) is 21.6. The lowest BCUT2D eigenvalue weighted by molar-refractivity contribution is 0.549. The van der Waals surface area contributed by atoms with Gasteiger partial charge in [-0.3, -0.25) is 4.98 Å². The lowest BCUT2D eigenvalue weighted by atomic mass is 10.00. The highest BCUT2D eigenvalue weighted by Gasteiger charge is 2.42. The van der Waals surface area contributed by atoms with Crippen LogP contribution in [0.5, 0.6) is 0 Å². The molecule has 1 fully saturated rings. The van der Waals surface area contributed by atoms with Crippen LogP contribution in [0, 0.1) is 13.8 Å². The molecule has 0 bridgehead atoms. The van der Waals surface area contributed by atoms with Crippen LogP contribution in [0.4, 0.5) is 5.69 Å². The monoisotopic (exact) mass is 474 g/mol. The zero-order chi connectivity index (χ0) is 23.9. The normalized spacial score (nSPS) is 17.7. The molecule has 1 saturated heterocycles. The molecule has 6 rings (SSSR count). The maximum atomic E-state index is 5.93. The van der Waals surface area contributed by atoms with Crippen molar-refractivity contribution >= 4 is 33.8 Å². The van der Waals surface area contributed by atoms with E-state index in [-0.39, 0.29) is 12.1 Å². The molecule has 1 N–H and O–H groups in total. The molecule has 0 amide bonds. The van der Waals surface area contributed by atoms with Gasteiger partial charge in [-0.2, -0.15) is 0 Å². The third kappa shape index (κ3) is 3.78. The van der Waals surface area contributed by atoms with Gasteiger partial charge in [-0.1, -0.05) is 42.5 Å². The number of nitrogens with zero attached hydrogens (tertiary/aromatic N) is 3. The Kier molecular flexibility index (Phi) is 5.34. The number of hydrogen-bond acceptors (Lipinski definition) is 2. The van der Waals surface area contributed by atoms with Crippen LogP contribution in [0.15, 0.2) is 103 Å². The number of rotatable bonds is 4. The summed E-state index contributed by atoms with van der Waals surface area (Å²) in [6, 6.07) is 31.8. The van der Waals surface area contributed by atoms with Gasteiger partial charge in [0.05, 0.1) is 11.7 Å². The zero-order valence-corrected chi connectivity index (χ0v) is 20.5. The van der Waals surface area contributed by atoms with Gasteiger partial charge in [-0.05, 0) is 96.5 Å². The second kappa shape index (κ2) is 8.67. The maximum Gasteiger partial charge on any atom is 0.174 e. The Hall–Kier alpha value is -3.96. The fourth-order valence-electron chi connectivity index (χ4n) is 5.01. The molecule has 0 spiro atoms. The van der Waals surface area contributed by atoms with Crippen molar-refractivity contribution in [2.75, 3.05) is 4.90 Å². The maximum absolute atomic E-state index is 5.93. The molecule has 35 heavy (non-hydrogen) atoms. The lowest BCUT2D eigenvalue weighted by Gasteiger charge is -2.29. The molecule has 3 heterocycles. The predicted octanol–water partition coefficient (Wildman–Crippen LogP) is 6.82. The summed E-state index contributed by atoms with van der Waals surface area (Å²) in [4.78, 5) is 6.94. The summed E-state index contributed by atoms with van der Waals surface area (Å²) in [6.45, 7) is 4.28. The summed E-state index contributed by atoms with van der Waals surface area (Å²) in [5.41, 5.74) is 6.85. The van der Waals surface area contributed by atoms with Gasteiger partial charge >= 0.3 is 0 Å². The summed E-state index contributed by atoms with van der Waals surface area (Å²) in [7, 11) is 0. The van der Waals surface area contributed by atoms with E-state index < -0.39 is 0 Å². The minimum Gasteiger partial charge on any atom is -0.351 e. The highest BCUT2D eigenvalue weighted by atomic mass is 32.1. The van der Waals surface area contributed by atoms with Crippen molar-refractivity contribution in [3.05, 3.63) is 126 Å². The second-order valence-electron chi connectivity index (χ2n) is 9.10. The highest BCUT2D eigenvalue weighted by Crippen LogP contribution is 2.42. The van der Waals surface area contributed by atoms with Crippen molar-refractivity contribution in [1.82, 2.24) is 14.9 Å². The molecule has 0 radical (unpaired) electrons. The number of fused-ring (bicyclic) bond motifs is 1. The van der Waals surface area contributed by atoms with E-state index >= 15 is 0 Å². The number of benzene rings is 3. The number of anilines is 1. The quantitative estimate of drug-likeness (QED) is 0.290. The number of nitrogens with one attached hydrogen (secondary N) is 1. The van der Waals surface area contributed by atoms with Gasteiger partial charge < -0.3 is 14.8 Å². The van der Waals surface area contributed by atoms with E-state index in [0.717, 1.165) is 22.8 Å². The third-order valence-corrected chi connectivity index (χ3v) is 7.28. The minimum absolute atomic E-state index is 0.0685. The van der Waals surface area contributed by atoms with E-state index in [1.165, 1.54) is 21.9 Å². The molecule has 4 nitrogen and oxygen atoms in total. The second-order valence-corrected chi connectivity index (χ2v) is 9.49. The summed E-state index contributed by atoms with van der Waals surface area (Å²) >= 11 is 5.93. The standard InChI is InChI=1S/C30H26N4S/c1-20-12-14-25(18-21(20)2)34-29(28(32-30(34)35)26-10-5-6-16-31-26)27-11-7-17-33(27)24-15-13-22-8-3-4-9-23(22)19-24/h3-19,28-29H,1-2H3,(H,32,35)/t28-,29-/m0/s1. The van der Waals surface area contributed by atoms with Gasteiger partial charge in [0.1, 0.15) is 6.04 Å². The van der Waals surface area contributed by atoms with Crippen molar-refractivity contribution in [1.29, 1.82) is 0 Å². The number of hydrogen-bond donors (Lipinski definition) is 1. The molecule has 3 aromatic carbocycles. The van der Waals surface area contributed by atoms with Gasteiger partial charge in [0.2, 0.25) is 0 Å². The third-order valence-electron chi connectivity index (χ3n) is 6.96. The molecule has 5 aromatic rings. The molecule has 2 aromatic heterocycles. The van der Waals surface area contributed by atoms with Gasteiger partial charge in [-0.15, -0.1) is 0 Å². The van der Waals surface area contributed by atoms with Crippen LogP contribution >= 0.6 is 12.2 Å². The van der Waals surface area contributed by atoms with Crippen LogP contribution in [0.25, 0.3) is 16.5 Å². The number of aromatic nitrogens is 2. The van der Waals surface area contributed by atoms with E-state index in [9.17, 15) is 0 Å². The Morgan fingerprint density at radius 2 is 1.57 bits per heavy atom. The van der Waals surface area contributed by atoms with Crippen LogP contribution in [0.3, 0.4) is 0 Å². The number of thiocarbonyl (C=S) groups is 1. The highest BCUT2D eigenvalue weighted by molar-refractivity contribution is 7.80. The minimum atomic E-state index is -0.0839. The van der Waals surface area contributed by atoms with Crippen LogP contribution in [-0.4, -0.2) is 14.7 Å². The van der Waals surface area contributed by atoms with Gasteiger partial charge in [0.15, 0.2) is 5.11 Å². The van der Waals surface area contributed by atoms with Gasteiger partial charge in [0.25, 0.3) is 0 Å². The van der Waals surface area contributed by atoms with Gasteiger partial charge in [-0.25, -0.2) is 0 Å². The molecular formula is C30H26N4S. The average molecular weight is 475 g/mol. The predicted molar refractivity (Wildman–Crippen MR) is 147 cm³/mol. The van der Waals surface area contributed by atoms with E-state index in [1.807, 2.05) is 18.3 Å². The summed E-state index contributed by atoms with van der Waals surface area (Å²) < 4.78 is 2.27. The molecule has 5 heteroatoms. The largest absolute Gasteiger partial charge is 0.351 e. The molecule has 0 saturated carbocycles. The SMILES string of the molecule is Cc1ccc(N2C(=S)N[C@@H](c3ccccn3)[C@@H]2c2cccn2-c2ccc3ccccc3c2)cc1C. The van der Waals surface area contributed by atoms with E-state index in [4.69, 9.17) is 17.2 Å². The zero-order valence-electron chi connectivity index (χ0n) is 19.7. The molecule has 2 atom stereocenters. The topological polar surface area (TPSA) is 33.1 Å². The van der Waals surface area contributed by atoms with Crippen molar-refractivity contribution < 1.29 is 0 Å². The van der Waals surface area contributed by atoms with E-state index in [0.29, 0.717) is 5.11 Å². The Labute approximate surface area is 210 Å². The van der Waals surface area contributed by atoms with Crippen LogP contribution in [-0.2, 0) is 0 Å². The summed E-state index contributed by atoms with van der Waals surface area (Å²) in [6.07, 6.45) is 3.98.